The first-order chi connectivity index (χ1) is 11.8. The molecule has 6 heteroatoms. The molecule has 2 rings (SSSR count). The van der Waals surface area contributed by atoms with Crippen LogP contribution in [0.5, 0.6) is 0 Å². The van der Waals surface area contributed by atoms with Crippen LogP contribution in [-0.4, -0.2) is 23.8 Å². The Kier molecular flexibility index (Phi) is 7.59. The first-order valence-electron chi connectivity index (χ1n) is 10.00. The second-order valence-corrected chi connectivity index (χ2v) is 7.88. The maximum atomic E-state index is 12.4. The van der Waals surface area contributed by atoms with Crippen LogP contribution in [-0.2, 0) is 4.79 Å². The number of nitrogens with one attached hydrogen (secondary N) is 2. The van der Waals surface area contributed by atoms with E-state index in [-0.39, 0.29) is 24.0 Å². The molecule has 1 atom stereocenters. The summed E-state index contributed by atoms with van der Waals surface area (Å²) in [4.78, 5) is 12.4. The van der Waals surface area contributed by atoms with Gasteiger partial charge in [-0.25, -0.2) is 0 Å². The molecule has 25 heavy (non-hydrogen) atoms. The Labute approximate surface area is 149 Å². The molecule has 1 aliphatic carbocycles. The maximum absolute atomic E-state index is 12.4. The monoisotopic (exact) mass is 362 g/mol. The predicted octanol–water partition coefficient (Wildman–Crippen LogP) is 5.05. The summed E-state index contributed by atoms with van der Waals surface area (Å²) in [5.74, 6) is 0.927. The normalized spacial score (nSPS) is 30.0. The van der Waals surface area contributed by atoms with Crippen LogP contribution in [0.1, 0.15) is 90.4 Å². The molecule has 3 nitrogen and oxygen atoms in total. The van der Waals surface area contributed by atoms with Gasteiger partial charge in [-0.15, -0.1) is 0 Å². The van der Waals surface area contributed by atoms with E-state index in [0.29, 0.717) is 6.42 Å². The smallest absolute Gasteiger partial charge is 0.339 e. The van der Waals surface area contributed by atoms with E-state index in [1.807, 2.05) is 0 Å². The Morgan fingerprint density at radius 1 is 1.04 bits per heavy atom. The van der Waals surface area contributed by atoms with Crippen LogP contribution in [0, 0.1) is 5.92 Å². The van der Waals surface area contributed by atoms with Gasteiger partial charge in [0.2, 0.25) is 5.91 Å². The molecule has 0 aromatic heterocycles. The number of carbonyl (C=O) groups excluding carboxylic acids is 1. The van der Waals surface area contributed by atoms with Crippen molar-refractivity contribution < 1.29 is 18.0 Å². The molecule has 0 aromatic rings. The van der Waals surface area contributed by atoms with E-state index in [2.05, 4.69) is 17.6 Å². The third-order valence-electron chi connectivity index (χ3n) is 5.93. The van der Waals surface area contributed by atoms with Gasteiger partial charge in [-0.1, -0.05) is 45.4 Å². The van der Waals surface area contributed by atoms with Crippen LogP contribution in [0.2, 0.25) is 0 Å². The van der Waals surface area contributed by atoms with Crippen molar-refractivity contribution in [2.24, 2.45) is 5.92 Å². The highest BCUT2D eigenvalue weighted by atomic mass is 19.4. The molecule has 2 aliphatic rings. The minimum atomic E-state index is -4.02. The van der Waals surface area contributed by atoms with E-state index >= 15 is 0 Å². The highest BCUT2D eigenvalue weighted by Crippen LogP contribution is 2.36. The van der Waals surface area contributed by atoms with Gasteiger partial charge in [0.1, 0.15) is 0 Å². The first-order valence-corrected chi connectivity index (χ1v) is 10.00. The lowest BCUT2D eigenvalue weighted by Crippen LogP contribution is -2.50. The first kappa shape index (κ1) is 20.5. The van der Waals surface area contributed by atoms with Crippen molar-refractivity contribution in [3.63, 3.8) is 0 Å². The molecule has 146 valence electrons. The number of hydrogen-bond donors (Lipinski definition) is 2. The van der Waals surface area contributed by atoms with Crippen LogP contribution < -0.4 is 10.6 Å². The largest absolute Gasteiger partial charge is 0.389 e. The highest BCUT2D eigenvalue weighted by Gasteiger charge is 2.47. The summed E-state index contributed by atoms with van der Waals surface area (Å²) in [5.41, 5.74) is -0.339. The number of unbranched alkanes of at least 4 members (excludes halogenated alkanes) is 5. The predicted molar refractivity (Wildman–Crippen MR) is 93.0 cm³/mol. The van der Waals surface area contributed by atoms with Crippen molar-refractivity contribution in [3.8, 4) is 0 Å². The van der Waals surface area contributed by atoms with Crippen LogP contribution in [0.15, 0.2) is 0 Å². The zero-order valence-electron chi connectivity index (χ0n) is 15.4. The summed E-state index contributed by atoms with van der Waals surface area (Å²) in [7, 11) is 0. The topological polar surface area (TPSA) is 41.1 Å². The van der Waals surface area contributed by atoms with E-state index in [0.717, 1.165) is 63.7 Å². The van der Waals surface area contributed by atoms with Crippen molar-refractivity contribution >= 4 is 5.91 Å². The molecule has 1 aliphatic heterocycles. The Balaban J connectivity index is 1.55. The average molecular weight is 362 g/mol. The van der Waals surface area contributed by atoms with Crippen molar-refractivity contribution in [3.05, 3.63) is 0 Å². The van der Waals surface area contributed by atoms with Gasteiger partial charge in [-0.2, -0.15) is 13.2 Å². The third-order valence-corrected chi connectivity index (χ3v) is 5.93. The molecule has 1 heterocycles. The molecule has 2 fully saturated rings. The standard InChI is InChI=1S/C19H33F3N2O/c1-2-15-10-13-18(14-11-15)17(25)23-16(24-18)9-7-5-3-4-6-8-12-19(20,21)22/h15-16,24H,2-14H2,1H3,(H,23,25). The van der Waals surface area contributed by atoms with Gasteiger partial charge >= 0.3 is 6.18 Å². The molecule has 1 amide bonds. The molecule has 0 bridgehead atoms. The number of halogens is 3. The summed E-state index contributed by atoms with van der Waals surface area (Å²) >= 11 is 0. The second kappa shape index (κ2) is 9.24. The van der Waals surface area contributed by atoms with E-state index in [4.69, 9.17) is 0 Å². The van der Waals surface area contributed by atoms with Crippen molar-refractivity contribution in [1.82, 2.24) is 10.6 Å². The van der Waals surface area contributed by atoms with Gasteiger partial charge in [0.05, 0.1) is 11.7 Å². The highest BCUT2D eigenvalue weighted by molar-refractivity contribution is 5.88. The Morgan fingerprint density at radius 2 is 1.64 bits per heavy atom. The van der Waals surface area contributed by atoms with Gasteiger partial charge in [-0.05, 0) is 44.4 Å². The molecular formula is C19H33F3N2O. The van der Waals surface area contributed by atoms with Crippen LogP contribution in [0.4, 0.5) is 13.2 Å². The van der Waals surface area contributed by atoms with E-state index in [1.54, 1.807) is 0 Å². The van der Waals surface area contributed by atoms with E-state index in [9.17, 15) is 18.0 Å². The molecule has 1 spiro atoms. The van der Waals surface area contributed by atoms with Crippen molar-refractivity contribution in [2.75, 3.05) is 0 Å². The molecule has 2 N–H and O–H groups in total. The minimum absolute atomic E-state index is 0.0657. The number of amides is 1. The van der Waals surface area contributed by atoms with Crippen molar-refractivity contribution in [2.45, 2.75) is 108 Å². The van der Waals surface area contributed by atoms with Gasteiger partial charge in [0, 0.05) is 6.42 Å². The Hall–Kier alpha value is -0.780. The lowest BCUT2D eigenvalue weighted by molar-refractivity contribution is -0.135. The van der Waals surface area contributed by atoms with Gasteiger partial charge in [0.25, 0.3) is 0 Å². The minimum Gasteiger partial charge on any atom is -0.339 e. The number of rotatable bonds is 9. The summed E-state index contributed by atoms with van der Waals surface area (Å²) < 4.78 is 36.1. The van der Waals surface area contributed by atoms with Crippen LogP contribution in [0.25, 0.3) is 0 Å². The molecule has 1 unspecified atom stereocenters. The van der Waals surface area contributed by atoms with Crippen LogP contribution >= 0.6 is 0 Å². The Morgan fingerprint density at radius 3 is 2.24 bits per heavy atom. The number of alkyl halides is 3. The summed E-state index contributed by atoms with van der Waals surface area (Å²) in [6.07, 6.45) is 6.38. The summed E-state index contributed by atoms with van der Waals surface area (Å²) in [6.45, 7) is 2.22. The van der Waals surface area contributed by atoms with E-state index < -0.39 is 12.6 Å². The van der Waals surface area contributed by atoms with Crippen molar-refractivity contribution in [1.29, 1.82) is 0 Å². The summed E-state index contributed by atoms with van der Waals surface area (Å²) in [6, 6.07) is 0. The molecule has 1 saturated carbocycles. The fourth-order valence-electron chi connectivity index (χ4n) is 4.21. The average Bonchev–Trinajstić information content (AvgIpc) is 2.85. The van der Waals surface area contributed by atoms with Gasteiger partial charge in [-0.3, -0.25) is 10.1 Å². The number of carbonyl (C=O) groups is 1. The lowest BCUT2D eigenvalue weighted by atomic mass is 9.75. The maximum Gasteiger partial charge on any atom is 0.389 e. The molecular weight excluding hydrogens is 329 g/mol. The fraction of sp³-hybridized carbons (Fsp3) is 0.947. The second-order valence-electron chi connectivity index (χ2n) is 7.88. The molecule has 0 radical (unpaired) electrons. The quantitative estimate of drug-likeness (QED) is 0.563. The summed E-state index contributed by atoms with van der Waals surface area (Å²) in [5, 5.41) is 6.64. The van der Waals surface area contributed by atoms with Gasteiger partial charge < -0.3 is 5.32 Å². The lowest BCUT2D eigenvalue weighted by Gasteiger charge is -2.35. The molecule has 0 aromatic carbocycles. The fourth-order valence-corrected chi connectivity index (χ4v) is 4.21. The zero-order valence-corrected chi connectivity index (χ0v) is 15.4. The zero-order chi connectivity index (χ0) is 18.3. The molecule has 1 saturated heterocycles. The van der Waals surface area contributed by atoms with Crippen LogP contribution in [0.3, 0.4) is 0 Å². The van der Waals surface area contributed by atoms with E-state index in [1.165, 1.54) is 6.42 Å². The SMILES string of the molecule is CCC1CCC2(CC1)NC(CCCCCCCCC(F)(F)F)NC2=O. The number of hydrogen-bond acceptors (Lipinski definition) is 2. The van der Waals surface area contributed by atoms with Gasteiger partial charge in [0.15, 0.2) is 0 Å². The Bertz CT molecular complexity index is 417. The third kappa shape index (κ3) is 6.46.